The van der Waals surface area contributed by atoms with Gasteiger partial charge in [-0.3, -0.25) is 4.72 Å². The van der Waals surface area contributed by atoms with Crippen molar-refractivity contribution in [2.45, 2.75) is 33.1 Å². The van der Waals surface area contributed by atoms with Crippen LogP contribution in [0.2, 0.25) is 0 Å². The maximum absolute atomic E-state index is 12.4. The lowest BCUT2D eigenvalue weighted by atomic mass is 9.87. The van der Waals surface area contributed by atoms with E-state index in [1.54, 1.807) is 6.21 Å². The standard InChI is InChI=1S/C28H23F3N4O3S/c1-16-4-3-5-17(2)24(16)33-27(36)35-39-32-15-18-6-12-22-20(14-18)9-13-23-25(34-38-26(22)23)19-7-10-21(11-8-19)37-28(29,30)31/h3-8,10-12,14-15H,9,13H2,1-2H3,(H2,33,35,36)/b32-15+. The van der Waals surface area contributed by atoms with Gasteiger partial charge in [0.1, 0.15) is 11.4 Å². The Hall–Kier alpha value is -4.25. The van der Waals surface area contributed by atoms with Gasteiger partial charge in [-0.15, -0.1) is 13.2 Å². The van der Waals surface area contributed by atoms with Gasteiger partial charge in [0.2, 0.25) is 0 Å². The molecule has 0 unspecified atom stereocenters. The van der Waals surface area contributed by atoms with E-state index in [-0.39, 0.29) is 11.8 Å². The number of benzene rings is 3. The van der Waals surface area contributed by atoms with Gasteiger partial charge in [-0.1, -0.05) is 35.5 Å². The van der Waals surface area contributed by atoms with Gasteiger partial charge in [-0.2, -0.15) is 0 Å². The minimum absolute atomic E-state index is 0.293. The summed E-state index contributed by atoms with van der Waals surface area (Å²) in [7, 11) is 0. The number of carbonyl (C=O) groups excluding carboxylic acids is 1. The fourth-order valence-electron chi connectivity index (χ4n) is 4.48. The number of rotatable bonds is 6. The van der Waals surface area contributed by atoms with Gasteiger partial charge in [-0.25, -0.2) is 9.19 Å². The predicted molar refractivity (Wildman–Crippen MR) is 145 cm³/mol. The monoisotopic (exact) mass is 552 g/mol. The molecule has 1 aromatic heterocycles. The van der Waals surface area contributed by atoms with Crippen LogP contribution in [0.3, 0.4) is 0 Å². The third kappa shape index (κ3) is 6.09. The first-order chi connectivity index (χ1) is 18.7. The Bertz CT molecular complexity index is 1530. The van der Waals surface area contributed by atoms with Crippen LogP contribution in [0.15, 0.2) is 69.6 Å². The molecule has 0 aliphatic heterocycles. The summed E-state index contributed by atoms with van der Waals surface area (Å²) in [6.45, 7) is 3.86. The van der Waals surface area contributed by atoms with Crippen LogP contribution in [0.4, 0.5) is 23.7 Å². The lowest BCUT2D eigenvalue weighted by Gasteiger charge is -2.15. The number of para-hydroxylation sites is 1. The molecule has 0 spiro atoms. The fourth-order valence-corrected chi connectivity index (χ4v) is 4.84. The van der Waals surface area contributed by atoms with Crippen LogP contribution in [-0.2, 0) is 12.8 Å². The number of nitrogens with one attached hydrogen (secondary N) is 2. The molecule has 0 atom stereocenters. The maximum Gasteiger partial charge on any atom is 0.573 e. The van der Waals surface area contributed by atoms with E-state index in [0.717, 1.165) is 57.6 Å². The summed E-state index contributed by atoms with van der Waals surface area (Å²) in [6, 6.07) is 16.8. The molecule has 0 bridgehead atoms. The molecular weight excluding hydrogens is 529 g/mol. The second kappa shape index (κ2) is 10.9. The minimum atomic E-state index is -4.74. The van der Waals surface area contributed by atoms with Gasteiger partial charge in [-0.05, 0) is 79.3 Å². The van der Waals surface area contributed by atoms with E-state index in [1.165, 1.54) is 24.3 Å². The van der Waals surface area contributed by atoms with E-state index >= 15 is 0 Å². The number of aromatic nitrogens is 1. The van der Waals surface area contributed by atoms with Gasteiger partial charge in [0.25, 0.3) is 0 Å². The van der Waals surface area contributed by atoms with Crippen LogP contribution in [0.5, 0.6) is 5.75 Å². The highest BCUT2D eigenvalue weighted by atomic mass is 32.2. The molecule has 39 heavy (non-hydrogen) atoms. The lowest BCUT2D eigenvalue weighted by Crippen LogP contribution is -2.23. The third-order valence-corrected chi connectivity index (χ3v) is 6.77. The number of aryl methyl sites for hydroxylation is 3. The molecule has 7 nitrogen and oxygen atoms in total. The van der Waals surface area contributed by atoms with Crippen LogP contribution in [0, 0.1) is 13.8 Å². The fraction of sp³-hybridized carbons (Fsp3) is 0.179. The predicted octanol–water partition coefficient (Wildman–Crippen LogP) is 7.43. The van der Waals surface area contributed by atoms with Crippen molar-refractivity contribution in [2.24, 2.45) is 4.40 Å². The van der Waals surface area contributed by atoms with Crippen molar-refractivity contribution < 1.29 is 27.2 Å². The molecule has 0 saturated carbocycles. The quantitative estimate of drug-likeness (QED) is 0.192. The van der Waals surface area contributed by atoms with Gasteiger partial charge in [0.05, 0.1) is 12.1 Å². The number of hydrogen-bond acceptors (Lipinski definition) is 6. The summed E-state index contributed by atoms with van der Waals surface area (Å²) in [5, 5.41) is 7.04. The van der Waals surface area contributed by atoms with Gasteiger partial charge in [0.15, 0.2) is 5.76 Å². The smallest absolute Gasteiger partial charge is 0.406 e. The van der Waals surface area contributed by atoms with Crippen molar-refractivity contribution in [1.82, 2.24) is 9.88 Å². The number of hydrogen-bond donors (Lipinski definition) is 2. The van der Waals surface area contributed by atoms with E-state index in [2.05, 4.69) is 24.3 Å². The second-order valence-electron chi connectivity index (χ2n) is 8.98. The molecule has 1 aliphatic carbocycles. The summed E-state index contributed by atoms with van der Waals surface area (Å²) >= 11 is 0.926. The molecule has 0 saturated heterocycles. The van der Waals surface area contributed by atoms with Crippen molar-refractivity contribution in [3.05, 3.63) is 88.5 Å². The van der Waals surface area contributed by atoms with E-state index in [9.17, 15) is 18.0 Å². The van der Waals surface area contributed by atoms with Crippen LogP contribution in [0.25, 0.3) is 22.6 Å². The number of halogens is 3. The van der Waals surface area contributed by atoms with Gasteiger partial charge < -0.3 is 14.6 Å². The van der Waals surface area contributed by atoms with Crippen molar-refractivity contribution in [3.8, 4) is 28.3 Å². The number of nitrogens with zero attached hydrogens (tertiary/aromatic N) is 2. The molecular formula is C28H23F3N4O3S. The summed E-state index contributed by atoms with van der Waals surface area (Å²) in [4.78, 5) is 12.2. The first kappa shape index (κ1) is 26.4. The number of urea groups is 1. The van der Waals surface area contributed by atoms with Crippen LogP contribution in [-0.4, -0.2) is 23.8 Å². The molecule has 5 rings (SSSR count). The Morgan fingerprint density at radius 3 is 2.54 bits per heavy atom. The van der Waals surface area contributed by atoms with Crippen molar-refractivity contribution in [1.29, 1.82) is 0 Å². The highest BCUT2D eigenvalue weighted by molar-refractivity contribution is 7.96. The Kier molecular flexibility index (Phi) is 7.34. The topological polar surface area (TPSA) is 88.8 Å². The van der Waals surface area contributed by atoms with Gasteiger partial charge in [0, 0.05) is 28.6 Å². The molecule has 2 amide bonds. The number of carbonyl (C=O) groups is 1. The van der Waals surface area contributed by atoms with E-state index in [0.29, 0.717) is 23.4 Å². The molecule has 11 heteroatoms. The zero-order valence-electron chi connectivity index (χ0n) is 20.9. The van der Waals surface area contributed by atoms with Crippen molar-refractivity contribution >= 4 is 30.1 Å². The summed E-state index contributed by atoms with van der Waals surface area (Å²) in [5.41, 5.74) is 7.71. The molecule has 200 valence electrons. The average Bonchev–Trinajstić information content (AvgIpc) is 3.33. The SMILES string of the molecule is Cc1cccc(C)c1NC(=O)NS/N=C/c1ccc2c(c1)CCc1c(-c3ccc(OC(F)(F)F)cc3)noc1-2. The normalized spacial score (nSPS) is 12.6. The number of anilines is 1. The van der Waals surface area contributed by atoms with Crippen molar-refractivity contribution in [2.75, 3.05) is 5.32 Å². The first-order valence-electron chi connectivity index (χ1n) is 12.0. The van der Waals surface area contributed by atoms with Gasteiger partial charge >= 0.3 is 12.4 Å². The largest absolute Gasteiger partial charge is 0.573 e. The molecule has 4 aromatic rings. The average molecular weight is 553 g/mol. The molecule has 0 fully saturated rings. The zero-order valence-corrected chi connectivity index (χ0v) is 21.7. The molecule has 0 radical (unpaired) electrons. The van der Waals surface area contributed by atoms with Crippen LogP contribution >= 0.6 is 12.1 Å². The summed E-state index contributed by atoms with van der Waals surface area (Å²) < 4.78 is 53.8. The van der Waals surface area contributed by atoms with E-state index in [4.69, 9.17) is 4.52 Å². The Labute approximate surface area is 226 Å². The number of alkyl halides is 3. The molecule has 1 heterocycles. The highest BCUT2D eigenvalue weighted by Crippen LogP contribution is 2.39. The molecule has 3 aromatic carbocycles. The maximum atomic E-state index is 12.4. The second-order valence-corrected chi connectivity index (χ2v) is 9.57. The van der Waals surface area contributed by atoms with E-state index in [1.807, 2.05) is 50.2 Å². The Morgan fingerprint density at radius 1 is 1.08 bits per heavy atom. The van der Waals surface area contributed by atoms with E-state index < -0.39 is 6.36 Å². The molecule has 1 aliphatic rings. The number of fused-ring (bicyclic) bond motifs is 3. The number of ether oxygens (including phenoxy) is 1. The minimum Gasteiger partial charge on any atom is -0.406 e. The Morgan fingerprint density at radius 2 is 1.82 bits per heavy atom. The number of amides is 2. The summed E-state index contributed by atoms with van der Waals surface area (Å²) in [5.74, 6) is 0.350. The zero-order chi connectivity index (χ0) is 27.6. The lowest BCUT2D eigenvalue weighted by molar-refractivity contribution is -0.274. The van der Waals surface area contributed by atoms with Crippen LogP contribution < -0.4 is 14.8 Å². The third-order valence-electron chi connectivity index (χ3n) is 6.28. The molecule has 2 N–H and O–H groups in total. The highest BCUT2D eigenvalue weighted by Gasteiger charge is 2.31. The summed E-state index contributed by atoms with van der Waals surface area (Å²) in [6.07, 6.45) is -1.68. The van der Waals surface area contributed by atoms with Crippen molar-refractivity contribution in [3.63, 3.8) is 0 Å². The Balaban J connectivity index is 1.23. The first-order valence-corrected chi connectivity index (χ1v) is 12.8. The van der Waals surface area contributed by atoms with Crippen LogP contribution in [0.1, 0.15) is 27.8 Å².